The maximum Gasteiger partial charge on any atom is 0.156 e. The maximum atomic E-state index is 8.76. The molecule has 0 aromatic rings. The minimum Gasteiger partial charge on any atom is -0.438 e. The average Bonchev–Trinajstić information content (AvgIpc) is 2.32. The topological polar surface area (TPSA) is 69.0 Å². The fraction of sp³-hybridized carbons (Fsp3) is 1.00. The molecule has 4 nitrogen and oxygen atoms in total. The summed E-state index contributed by atoms with van der Waals surface area (Å²) in [6, 6.07) is 1.25. The molecular weight excluding hydrogens is 230 g/mol. The normalized spacial score (nSPS) is 12.8. The zero-order valence-electron chi connectivity index (χ0n) is 11.1. The summed E-state index contributed by atoms with van der Waals surface area (Å²) in [5, 5.41) is 3.66. The third-order valence-electron chi connectivity index (χ3n) is 3.03. The van der Waals surface area contributed by atoms with Crippen LogP contribution in [0.1, 0.15) is 64.7 Å². The first-order valence-electron chi connectivity index (χ1n) is 6.96. The van der Waals surface area contributed by atoms with Crippen molar-refractivity contribution >= 4 is 9.76 Å². The molecule has 0 rings (SSSR count). The molecule has 0 bridgehead atoms. The lowest BCUT2D eigenvalue weighted by Gasteiger charge is -2.04. The summed E-state index contributed by atoms with van der Waals surface area (Å²) in [7, 11) is -0.684. The first-order valence-corrected chi connectivity index (χ1v) is 8.59. The molecule has 0 aliphatic carbocycles. The van der Waals surface area contributed by atoms with Crippen LogP contribution in [0.25, 0.3) is 10.4 Å². The zero-order valence-corrected chi connectivity index (χ0v) is 12.6. The van der Waals surface area contributed by atoms with Crippen LogP contribution in [0.5, 0.6) is 0 Å². The molecule has 0 heterocycles. The molecule has 0 aromatic carbocycles. The first kappa shape index (κ1) is 16.5. The van der Waals surface area contributed by atoms with Gasteiger partial charge in [-0.1, -0.05) is 63.4 Å². The quantitative estimate of drug-likeness (QED) is 0.187. The molecule has 0 fully saturated rings. The van der Waals surface area contributed by atoms with Crippen LogP contribution in [0.3, 0.4) is 0 Å². The summed E-state index contributed by atoms with van der Waals surface area (Å²) in [6.07, 6.45) is 11.3. The van der Waals surface area contributed by atoms with Crippen molar-refractivity contribution in [3.05, 3.63) is 10.4 Å². The summed E-state index contributed by atoms with van der Waals surface area (Å²) in [6.45, 7) is 1.98. The Kier molecular flexibility index (Phi) is 13.1. The van der Waals surface area contributed by atoms with Gasteiger partial charge in [0.2, 0.25) is 0 Å². The van der Waals surface area contributed by atoms with Crippen LogP contribution in [0.2, 0.25) is 6.04 Å². The highest BCUT2D eigenvalue weighted by Gasteiger charge is 1.98. The minimum atomic E-state index is -0.684. The van der Waals surface area contributed by atoms with Crippen LogP contribution in [0.4, 0.5) is 0 Å². The molecular formula is C12H27N3OSi. The minimum absolute atomic E-state index is 0.155. The third-order valence-corrected chi connectivity index (χ3v) is 3.84. The second-order valence-corrected chi connectivity index (χ2v) is 5.90. The van der Waals surface area contributed by atoms with Crippen LogP contribution < -0.4 is 0 Å². The van der Waals surface area contributed by atoms with Crippen LogP contribution in [-0.2, 0) is 0 Å². The second-order valence-electron chi connectivity index (χ2n) is 4.75. The van der Waals surface area contributed by atoms with Gasteiger partial charge in [-0.3, -0.25) is 0 Å². The fourth-order valence-corrected chi connectivity index (χ4v) is 2.51. The molecule has 0 aromatic heterocycles. The van der Waals surface area contributed by atoms with Crippen LogP contribution in [-0.4, -0.2) is 20.6 Å². The Labute approximate surface area is 107 Å². The Morgan fingerprint density at radius 1 is 1.06 bits per heavy atom. The van der Waals surface area contributed by atoms with Crippen molar-refractivity contribution in [2.45, 2.75) is 76.8 Å². The molecule has 17 heavy (non-hydrogen) atoms. The summed E-state index contributed by atoms with van der Waals surface area (Å²) in [4.78, 5) is 11.6. The van der Waals surface area contributed by atoms with Crippen LogP contribution >= 0.6 is 0 Å². The summed E-state index contributed by atoms with van der Waals surface area (Å²) in [5.41, 5.74) is 8.24. The van der Waals surface area contributed by atoms with E-state index < -0.39 is 9.76 Å². The van der Waals surface area contributed by atoms with Gasteiger partial charge in [-0.15, -0.1) is 0 Å². The van der Waals surface area contributed by atoms with Gasteiger partial charge in [0.15, 0.2) is 9.76 Å². The van der Waals surface area contributed by atoms with E-state index in [1.54, 1.807) is 0 Å². The molecule has 0 saturated heterocycles. The maximum absolute atomic E-state index is 8.76. The van der Waals surface area contributed by atoms with Crippen LogP contribution in [0.15, 0.2) is 5.11 Å². The van der Waals surface area contributed by atoms with Crippen molar-refractivity contribution in [3.8, 4) is 0 Å². The van der Waals surface area contributed by atoms with Gasteiger partial charge in [0.05, 0.1) is 0 Å². The molecule has 1 N–H and O–H groups in total. The average molecular weight is 257 g/mol. The SMILES string of the molecule is CC(CCCCCCCCCC[SiH2]O)N=[N+]=[N-]. The number of nitrogens with zero attached hydrogens (tertiary/aromatic N) is 3. The molecule has 100 valence electrons. The molecule has 5 heteroatoms. The zero-order chi connectivity index (χ0) is 12.8. The van der Waals surface area contributed by atoms with E-state index in [4.69, 9.17) is 10.3 Å². The summed E-state index contributed by atoms with van der Waals surface area (Å²) in [5.74, 6) is 0. The Morgan fingerprint density at radius 3 is 2.12 bits per heavy atom. The Morgan fingerprint density at radius 2 is 1.59 bits per heavy atom. The van der Waals surface area contributed by atoms with E-state index in [0.717, 1.165) is 12.5 Å². The first-order chi connectivity index (χ1) is 8.31. The van der Waals surface area contributed by atoms with Gasteiger partial charge in [-0.25, -0.2) is 0 Å². The van der Waals surface area contributed by atoms with Gasteiger partial charge >= 0.3 is 0 Å². The van der Waals surface area contributed by atoms with Gasteiger partial charge in [0.25, 0.3) is 0 Å². The van der Waals surface area contributed by atoms with Gasteiger partial charge in [0.1, 0.15) is 0 Å². The van der Waals surface area contributed by atoms with E-state index in [0.29, 0.717) is 0 Å². The third kappa shape index (κ3) is 13.4. The molecule has 0 aliphatic heterocycles. The van der Waals surface area contributed by atoms with E-state index in [2.05, 4.69) is 10.0 Å². The van der Waals surface area contributed by atoms with E-state index in [1.807, 2.05) is 6.92 Å². The second kappa shape index (κ2) is 13.6. The Balaban J connectivity index is 3.05. The lowest BCUT2D eigenvalue weighted by Crippen LogP contribution is -1.95. The number of rotatable bonds is 12. The molecule has 0 aliphatic rings. The highest BCUT2D eigenvalue weighted by Crippen LogP contribution is 2.12. The largest absolute Gasteiger partial charge is 0.438 e. The Hall–Kier alpha value is -0.513. The summed E-state index contributed by atoms with van der Waals surface area (Å²) >= 11 is 0. The number of unbranched alkanes of at least 4 members (excludes halogenated alkanes) is 7. The van der Waals surface area contributed by atoms with E-state index in [1.165, 1.54) is 51.4 Å². The summed E-state index contributed by atoms with van der Waals surface area (Å²) < 4.78 is 0. The standard InChI is InChI=1S/C12H27N3OSi/c1-12(14-15-13)10-8-6-4-2-3-5-7-9-11-17-16/h12,16H,2-11,17H2,1H3. The van der Waals surface area contributed by atoms with Gasteiger partial charge in [-0.2, -0.15) is 0 Å². The molecule has 1 unspecified atom stereocenters. The smallest absolute Gasteiger partial charge is 0.156 e. The predicted molar refractivity (Wildman–Crippen MR) is 75.7 cm³/mol. The molecule has 0 radical (unpaired) electrons. The Bertz CT molecular complexity index is 208. The predicted octanol–water partition coefficient (Wildman–Crippen LogP) is 3.69. The van der Waals surface area contributed by atoms with Gasteiger partial charge in [0, 0.05) is 11.0 Å². The van der Waals surface area contributed by atoms with Crippen molar-refractivity contribution in [1.29, 1.82) is 0 Å². The number of hydrogen-bond donors (Lipinski definition) is 1. The molecule has 0 amide bonds. The molecule has 0 saturated carbocycles. The highest BCUT2D eigenvalue weighted by atomic mass is 28.2. The fourth-order valence-electron chi connectivity index (χ4n) is 1.93. The van der Waals surface area contributed by atoms with Gasteiger partial charge in [-0.05, 0) is 18.0 Å². The highest BCUT2D eigenvalue weighted by molar-refractivity contribution is 6.25. The van der Waals surface area contributed by atoms with Crippen LogP contribution in [0, 0.1) is 0 Å². The molecule has 1 atom stereocenters. The van der Waals surface area contributed by atoms with Crippen molar-refractivity contribution in [1.82, 2.24) is 0 Å². The van der Waals surface area contributed by atoms with E-state index in [9.17, 15) is 0 Å². The van der Waals surface area contributed by atoms with Crippen molar-refractivity contribution in [2.75, 3.05) is 0 Å². The lowest BCUT2D eigenvalue weighted by atomic mass is 10.1. The van der Waals surface area contributed by atoms with Gasteiger partial charge < -0.3 is 4.80 Å². The monoisotopic (exact) mass is 257 g/mol. The van der Waals surface area contributed by atoms with Crippen molar-refractivity contribution in [2.24, 2.45) is 5.11 Å². The van der Waals surface area contributed by atoms with Crippen molar-refractivity contribution < 1.29 is 4.80 Å². The van der Waals surface area contributed by atoms with E-state index >= 15 is 0 Å². The lowest BCUT2D eigenvalue weighted by molar-refractivity contribution is 0.538. The molecule has 0 spiro atoms. The van der Waals surface area contributed by atoms with E-state index in [-0.39, 0.29) is 6.04 Å². The van der Waals surface area contributed by atoms with Crippen molar-refractivity contribution in [3.63, 3.8) is 0 Å². The number of azide groups is 1. The number of hydrogen-bond acceptors (Lipinski definition) is 2.